The van der Waals surface area contributed by atoms with E-state index in [0.717, 1.165) is 8.95 Å². The molecule has 4 aromatic rings. The minimum Gasteiger partial charge on any atom is -0.340 e. The van der Waals surface area contributed by atoms with E-state index in [9.17, 15) is 9.59 Å². The van der Waals surface area contributed by atoms with E-state index in [0.29, 0.717) is 27.5 Å². The van der Waals surface area contributed by atoms with Crippen LogP contribution in [0.25, 0.3) is 32.8 Å². The molecule has 0 saturated carbocycles. The summed E-state index contributed by atoms with van der Waals surface area (Å²) in [6, 6.07) is 10.8. The molecule has 0 saturated heterocycles. The zero-order valence-corrected chi connectivity index (χ0v) is 14.2. The molecule has 0 unspecified atom stereocenters. The van der Waals surface area contributed by atoms with Crippen LogP contribution in [0.3, 0.4) is 0 Å². The number of H-pyrrole nitrogens is 2. The number of aromatic amines is 2. The SMILES string of the molecule is O=c1c2cc(Br)ccc2[nH]c2[nH]c3ccc(Br)cc3c(=O)c12. The maximum atomic E-state index is 12.7. The number of halogens is 2. The first-order valence-corrected chi connectivity index (χ1v) is 8.10. The predicted molar refractivity (Wildman–Crippen MR) is 95.6 cm³/mol. The number of benzene rings is 2. The third-order valence-electron chi connectivity index (χ3n) is 3.68. The van der Waals surface area contributed by atoms with Crippen LogP contribution in [0.15, 0.2) is 54.9 Å². The molecular weight excluding hydrogens is 412 g/mol. The van der Waals surface area contributed by atoms with E-state index in [1.807, 2.05) is 24.3 Å². The van der Waals surface area contributed by atoms with Crippen LogP contribution in [0.5, 0.6) is 0 Å². The van der Waals surface area contributed by atoms with E-state index in [2.05, 4.69) is 41.8 Å². The maximum Gasteiger partial charge on any atom is 0.202 e. The Hall–Kier alpha value is -1.92. The fraction of sp³-hybridized carbons (Fsp3) is 0. The molecule has 2 heterocycles. The summed E-state index contributed by atoms with van der Waals surface area (Å²) in [5.74, 6) is 0. The third-order valence-corrected chi connectivity index (χ3v) is 4.66. The van der Waals surface area contributed by atoms with Crippen LogP contribution in [0.1, 0.15) is 0 Å². The number of nitrogens with one attached hydrogen (secondary N) is 2. The van der Waals surface area contributed by atoms with Gasteiger partial charge in [-0.25, -0.2) is 0 Å². The maximum absolute atomic E-state index is 12.7. The van der Waals surface area contributed by atoms with E-state index < -0.39 is 0 Å². The van der Waals surface area contributed by atoms with Gasteiger partial charge in [0.2, 0.25) is 10.9 Å². The number of hydrogen-bond acceptors (Lipinski definition) is 2. The monoisotopic (exact) mass is 418 g/mol. The fourth-order valence-corrected chi connectivity index (χ4v) is 3.37. The smallest absolute Gasteiger partial charge is 0.202 e. The molecule has 0 atom stereocenters. The van der Waals surface area contributed by atoms with Crippen molar-refractivity contribution in [3.05, 3.63) is 65.8 Å². The van der Waals surface area contributed by atoms with Gasteiger partial charge < -0.3 is 9.97 Å². The Morgan fingerprint density at radius 1 is 0.727 bits per heavy atom. The number of fused-ring (bicyclic) bond motifs is 3. The Morgan fingerprint density at radius 2 is 1.18 bits per heavy atom. The second-order valence-corrected chi connectivity index (χ2v) is 6.87. The largest absolute Gasteiger partial charge is 0.340 e. The highest BCUT2D eigenvalue weighted by Crippen LogP contribution is 2.20. The molecule has 2 aromatic carbocycles. The molecule has 2 N–H and O–H groups in total. The van der Waals surface area contributed by atoms with Gasteiger partial charge >= 0.3 is 0 Å². The molecule has 108 valence electrons. The summed E-state index contributed by atoms with van der Waals surface area (Å²) in [5, 5.41) is 1.12. The van der Waals surface area contributed by atoms with Crippen LogP contribution in [0.4, 0.5) is 0 Å². The topological polar surface area (TPSA) is 65.7 Å². The normalized spacial score (nSPS) is 11.5. The summed E-state index contributed by atoms with van der Waals surface area (Å²) in [5.41, 5.74) is 1.28. The predicted octanol–water partition coefficient (Wildman–Crippen LogP) is 4.05. The van der Waals surface area contributed by atoms with E-state index in [1.165, 1.54) is 0 Å². The first-order valence-electron chi connectivity index (χ1n) is 6.51. The summed E-state index contributed by atoms with van der Waals surface area (Å²) in [6.45, 7) is 0. The summed E-state index contributed by atoms with van der Waals surface area (Å²) < 4.78 is 1.59. The molecule has 0 spiro atoms. The number of aromatic nitrogens is 2. The minimum absolute atomic E-state index is 0.149. The zero-order valence-electron chi connectivity index (χ0n) is 11.0. The lowest BCUT2D eigenvalue weighted by Gasteiger charge is -2.05. The minimum atomic E-state index is -0.270. The van der Waals surface area contributed by atoms with Gasteiger partial charge in [-0.3, -0.25) is 9.59 Å². The molecule has 2 aromatic heterocycles. The van der Waals surface area contributed by atoms with Crippen molar-refractivity contribution in [1.29, 1.82) is 0 Å². The highest BCUT2D eigenvalue weighted by Gasteiger charge is 2.12. The van der Waals surface area contributed by atoms with E-state index in [-0.39, 0.29) is 16.2 Å². The highest BCUT2D eigenvalue weighted by molar-refractivity contribution is 9.10. The molecule has 6 heteroatoms. The lowest BCUT2D eigenvalue weighted by molar-refractivity contribution is 1.35. The van der Waals surface area contributed by atoms with Crippen molar-refractivity contribution < 1.29 is 0 Å². The van der Waals surface area contributed by atoms with Crippen molar-refractivity contribution in [1.82, 2.24) is 9.97 Å². The molecule has 4 rings (SSSR count). The number of rotatable bonds is 0. The van der Waals surface area contributed by atoms with Crippen LogP contribution < -0.4 is 10.9 Å². The number of hydrogen-bond donors (Lipinski definition) is 2. The lowest BCUT2D eigenvalue weighted by atomic mass is 10.1. The Bertz CT molecular complexity index is 1100. The molecule has 0 aliphatic rings. The summed E-state index contributed by atoms with van der Waals surface area (Å²) >= 11 is 6.71. The molecule has 4 nitrogen and oxygen atoms in total. The van der Waals surface area contributed by atoms with Crippen LogP contribution in [-0.2, 0) is 0 Å². The van der Waals surface area contributed by atoms with Gasteiger partial charge in [-0.05, 0) is 36.4 Å². The Labute approximate surface area is 140 Å². The van der Waals surface area contributed by atoms with Crippen molar-refractivity contribution in [3.63, 3.8) is 0 Å². The van der Waals surface area contributed by atoms with Gasteiger partial charge in [-0.15, -0.1) is 0 Å². The van der Waals surface area contributed by atoms with Gasteiger partial charge in [0.15, 0.2) is 0 Å². The molecule has 0 aliphatic heterocycles. The van der Waals surface area contributed by atoms with Crippen LogP contribution in [0, 0.1) is 0 Å². The van der Waals surface area contributed by atoms with Gasteiger partial charge in [0.1, 0.15) is 11.0 Å². The van der Waals surface area contributed by atoms with Crippen LogP contribution in [-0.4, -0.2) is 9.97 Å². The lowest BCUT2D eigenvalue weighted by Crippen LogP contribution is -2.16. The van der Waals surface area contributed by atoms with Crippen LogP contribution >= 0.6 is 31.9 Å². The van der Waals surface area contributed by atoms with E-state index in [1.54, 1.807) is 12.1 Å². The summed E-state index contributed by atoms with van der Waals surface area (Å²) in [6.07, 6.45) is 0. The average Bonchev–Trinajstić information content (AvgIpc) is 2.49. The third kappa shape index (κ3) is 1.94. The average molecular weight is 420 g/mol. The van der Waals surface area contributed by atoms with E-state index >= 15 is 0 Å². The first kappa shape index (κ1) is 13.7. The zero-order chi connectivity index (χ0) is 15.4. The highest BCUT2D eigenvalue weighted by atomic mass is 79.9. The molecule has 0 aliphatic carbocycles. The second kappa shape index (κ2) is 4.79. The second-order valence-electron chi connectivity index (χ2n) is 5.04. The molecule has 0 bridgehead atoms. The van der Waals surface area contributed by atoms with Gasteiger partial charge in [0.25, 0.3) is 0 Å². The molecule has 22 heavy (non-hydrogen) atoms. The van der Waals surface area contributed by atoms with Gasteiger partial charge in [0, 0.05) is 19.7 Å². The summed E-state index contributed by atoms with van der Waals surface area (Å²) in [4.78, 5) is 31.7. The molecule has 0 amide bonds. The Morgan fingerprint density at radius 3 is 1.64 bits per heavy atom. The van der Waals surface area contributed by atoms with Crippen molar-refractivity contribution in [2.75, 3.05) is 0 Å². The Balaban J connectivity index is 2.32. The molecule has 0 radical (unpaired) electrons. The Kier molecular flexibility index (Phi) is 2.99. The van der Waals surface area contributed by atoms with Crippen molar-refractivity contribution in [2.24, 2.45) is 0 Å². The molecule has 0 fully saturated rings. The van der Waals surface area contributed by atoms with Crippen LogP contribution in [0.2, 0.25) is 0 Å². The van der Waals surface area contributed by atoms with Crippen molar-refractivity contribution in [2.45, 2.75) is 0 Å². The summed E-state index contributed by atoms with van der Waals surface area (Å²) in [7, 11) is 0. The number of pyridine rings is 2. The van der Waals surface area contributed by atoms with Crippen molar-refractivity contribution >= 4 is 64.7 Å². The van der Waals surface area contributed by atoms with E-state index in [4.69, 9.17) is 0 Å². The standard InChI is InChI=1S/C16H8Br2N2O2/c17-7-1-3-11-9(5-7)14(21)13-15(22)10-6-8(18)2-4-12(10)20-16(13)19-11/h1-6H,(H2,19,20,21,22). The fourth-order valence-electron chi connectivity index (χ4n) is 2.65. The first-order chi connectivity index (χ1) is 10.5. The van der Waals surface area contributed by atoms with Crippen molar-refractivity contribution in [3.8, 4) is 0 Å². The van der Waals surface area contributed by atoms with Gasteiger partial charge in [-0.1, -0.05) is 31.9 Å². The quantitative estimate of drug-likeness (QED) is 0.422. The van der Waals surface area contributed by atoms with Gasteiger partial charge in [-0.2, -0.15) is 0 Å². The molecular formula is C16H8Br2N2O2. The van der Waals surface area contributed by atoms with Gasteiger partial charge in [0.05, 0.1) is 11.0 Å².